The molecule has 0 aliphatic rings. The van der Waals surface area contributed by atoms with Crippen LogP contribution in [0.4, 0.5) is 26.0 Å². The first kappa shape index (κ1) is 16.9. The van der Waals surface area contributed by atoms with Crippen molar-refractivity contribution < 1.29 is 13.5 Å². The van der Waals surface area contributed by atoms with Crippen LogP contribution in [0, 0.1) is 18.6 Å². The van der Waals surface area contributed by atoms with E-state index in [-0.39, 0.29) is 23.1 Å². The molecule has 25 heavy (non-hydrogen) atoms. The first-order valence-corrected chi connectivity index (χ1v) is 7.58. The van der Waals surface area contributed by atoms with Gasteiger partial charge in [0.1, 0.15) is 17.8 Å². The van der Waals surface area contributed by atoms with E-state index in [1.165, 1.54) is 12.4 Å². The lowest BCUT2D eigenvalue weighted by molar-refractivity contribution is 0.464. The fourth-order valence-electron chi connectivity index (χ4n) is 2.06. The molecular formula is C17H13ClF2N4O. The summed E-state index contributed by atoms with van der Waals surface area (Å²) in [5.74, 6) is -1.08. The van der Waals surface area contributed by atoms with E-state index in [4.69, 9.17) is 22.1 Å². The fraction of sp³-hybridized carbons (Fsp3) is 0.0588. The SMILES string of the molecule is Cc1cc(Oc2ncnc(Nc3ccc(F)c(F)c3)c2N)ccc1Cl. The minimum absolute atomic E-state index is 0.125. The predicted octanol–water partition coefficient (Wildman–Crippen LogP) is 4.83. The number of nitrogens with zero attached hydrogens (tertiary/aromatic N) is 2. The van der Waals surface area contributed by atoms with Crippen molar-refractivity contribution in [2.75, 3.05) is 11.1 Å². The number of anilines is 3. The Balaban J connectivity index is 1.86. The lowest BCUT2D eigenvalue weighted by Gasteiger charge is -2.12. The van der Waals surface area contributed by atoms with Crippen molar-refractivity contribution >= 4 is 28.8 Å². The van der Waals surface area contributed by atoms with E-state index < -0.39 is 11.6 Å². The zero-order valence-electron chi connectivity index (χ0n) is 13.1. The summed E-state index contributed by atoms with van der Waals surface area (Å²) in [7, 11) is 0. The van der Waals surface area contributed by atoms with Crippen LogP contribution in [0.1, 0.15) is 5.56 Å². The van der Waals surface area contributed by atoms with Gasteiger partial charge in [0.25, 0.3) is 0 Å². The average molecular weight is 363 g/mol. The van der Waals surface area contributed by atoms with E-state index in [1.54, 1.807) is 18.2 Å². The van der Waals surface area contributed by atoms with Gasteiger partial charge in [-0.3, -0.25) is 0 Å². The topological polar surface area (TPSA) is 73.1 Å². The molecule has 0 aliphatic heterocycles. The third kappa shape index (κ3) is 3.77. The van der Waals surface area contributed by atoms with Crippen LogP contribution in [0.5, 0.6) is 11.6 Å². The minimum atomic E-state index is -0.981. The molecule has 128 valence electrons. The third-order valence-electron chi connectivity index (χ3n) is 3.37. The smallest absolute Gasteiger partial charge is 0.248 e. The highest BCUT2D eigenvalue weighted by atomic mass is 35.5. The molecule has 0 spiro atoms. The van der Waals surface area contributed by atoms with Gasteiger partial charge in [-0.15, -0.1) is 0 Å². The molecule has 0 fully saturated rings. The van der Waals surface area contributed by atoms with E-state index in [9.17, 15) is 8.78 Å². The number of benzene rings is 2. The number of ether oxygens (including phenoxy) is 1. The number of halogens is 3. The summed E-state index contributed by atoms with van der Waals surface area (Å²) in [6.45, 7) is 1.84. The van der Waals surface area contributed by atoms with Crippen molar-refractivity contribution in [3.05, 3.63) is 64.9 Å². The number of nitrogens with two attached hydrogens (primary N) is 1. The van der Waals surface area contributed by atoms with Gasteiger partial charge in [0, 0.05) is 16.8 Å². The van der Waals surface area contributed by atoms with Crippen molar-refractivity contribution in [2.24, 2.45) is 0 Å². The van der Waals surface area contributed by atoms with Gasteiger partial charge in [-0.1, -0.05) is 11.6 Å². The number of rotatable bonds is 4. The summed E-state index contributed by atoms with van der Waals surface area (Å²) < 4.78 is 32.0. The van der Waals surface area contributed by atoms with Crippen LogP contribution in [0.2, 0.25) is 5.02 Å². The summed E-state index contributed by atoms with van der Waals surface area (Å²) >= 11 is 5.98. The molecule has 0 saturated carbocycles. The number of hydrogen-bond acceptors (Lipinski definition) is 5. The molecule has 8 heteroatoms. The molecule has 0 saturated heterocycles. The maximum absolute atomic E-state index is 13.3. The van der Waals surface area contributed by atoms with Gasteiger partial charge in [-0.25, -0.2) is 13.8 Å². The zero-order valence-corrected chi connectivity index (χ0v) is 13.8. The van der Waals surface area contributed by atoms with Crippen molar-refractivity contribution in [3.8, 4) is 11.6 Å². The summed E-state index contributed by atoms with van der Waals surface area (Å²) in [4.78, 5) is 7.99. The first-order valence-electron chi connectivity index (χ1n) is 7.20. The average Bonchev–Trinajstić information content (AvgIpc) is 2.58. The van der Waals surface area contributed by atoms with Crippen LogP contribution in [0.3, 0.4) is 0 Å². The molecule has 1 heterocycles. The largest absolute Gasteiger partial charge is 0.437 e. The van der Waals surface area contributed by atoms with Gasteiger partial charge in [0.05, 0.1) is 0 Å². The molecule has 1 aromatic heterocycles. The number of aromatic nitrogens is 2. The molecule has 0 radical (unpaired) electrons. The van der Waals surface area contributed by atoms with E-state index in [0.29, 0.717) is 10.8 Å². The Morgan fingerprint density at radius 2 is 1.88 bits per heavy atom. The number of aryl methyl sites for hydroxylation is 1. The van der Waals surface area contributed by atoms with Gasteiger partial charge in [0.2, 0.25) is 5.88 Å². The van der Waals surface area contributed by atoms with Crippen LogP contribution >= 0.6 is 11.6 Å². The van der Waals surface area contributed by atoms with Gasteiger partial charge in [0.15, 0.2) is 17.5 Å². The van der Waals surface area contributed by atoms with E-state index in [2.05, 4.69) is 15.3 Å². The number of nitrogens with one attached hydrogen (secondary N) is 1. The molecule has 0 amide bonds. The Kier molecular flexibility index (Phi) is 4.67. The molecule has 3 aromatic rings. The van der Waals surface area contributed by atoms with Crippen molar-refractivity contribution in [2.45, 2.75) is 6.92 Å². The van der Waals surface area contributed by atoms with E-state index in [0.717, 1.165) is 17.7 Å². The molecule has 0 aliphatic carbocycles. The first-order chi connectivity index (χ1) is 11.9. The Morgan fingerprint density at radius 3 is 2.60 bits per heavy atom. The maximum Gasteiger partial charge on any atom is 0.248 e. The second-order valence-corrected chi connectivity index (χ2v) is 5.62. The minimum Gasteiger partial charge on any atom is -0.437 e. The predicted molar refractivity (Wildman–Crippen MR) is 92.3 cm³/mol. The zero-order chi connectivity index (χ0) is 18.0. The van der Waals surface area contributed by atoms with Gasteiger partial charge >= 0.3 is 0 Å². The Morgan fingerprint density at radius 1 is 1.08 bits per heavy atom. The number of nitrogen functional groups attached to an aromatic ring is 1. The summed E-state index contributed by atoms with van der Waals surface area (Å²) in [6.07, 6.45) is 1.25. The second kappa shape index (κ2) is 6.90. The van der Waals surface area contributed by atoms with Gasteiger partial charge < -0.3 is 15.8 Å². The van der Waals surface area contributed by atoms with Crippen LogP contribution in [-0.2, 0) is 0 Å². The summed E-state index contributed by atoms with van der Waals surface area (Å²) in [5, 5.41) is 3.42. The van der Waals surface area contributed by atoms with Gasteiger partial charge in [-0.05, 0) is 42.8 Å². The molecule has 0 atom stereocenters. The van der Waals surface area contributed by atoms with Crippen LogP contribution in [0.25, 0.3) is 0 Å². The van der Waals surface area contributed by atoms with Crippen molar-refractivity contribution in [1.82, 2.24) is 9.97 Å². The molecule has 5 nitrogen and oxygen atoms in total. The quantitative estimate of drug-likeness (QED) is 0.695. The van der Waals surface area contributed by atoms with E-state index >= 15 is 0 Å². The molecule has 3 rings (SSSR count). The van der Waals surface area contributed by atoms with Crippen molar-refractivity contribution in [3.63, 3.8) is 0 Å². The molecular weight excluding hydrogens is 350 g/mol. The Hall–Kier alpha value is -2.93. The Labute approximate surface area is 147 Å². The van der Waals surface area contributed by atoms with E-state index in [1.807, 2.05) is 6.92 Å². The standard InChI is InChI=1S/C17H13ClF2N4O/c1-9-6-11(3-4-12(9)18)25-17-15(21)16(22-8-23-17)24-10-2-5-13(19)14(20)7-10/h2-8H,21H2,1H3,(H,22,23,24). The summed E-state index contributed by atoms with van der Waals surface area (Å²) in [5.41, 5.74) is 7.26. The van der Waals surface area contributed by atoms with Crippen LogP contribution < -0.4 is 15.8 Å². The molecule has 0 bridgehead atoms. The maximum atomic E-state index is 13.3. The van der Waals surface area contributed by atoms with Crippen LogP contribution in [0.15, 0.2) is 42.7 Å². The fourth-order valence-corrected chi connectivity index (χ4v) is 2.18. The van der Waals surface area contributed by atoms with Gasteiger partial charge in [-0.2, -0.15) is 4.98 Å². The lowest BCUT2D eigenvalue weighted by atomic mass is 10.2. The molecule has 3 N–H and O–H groups in total. The highest BCUT2D eigenvalue weighted by Gasteiger charge is 2.12. The molecule has 2 aromatic carbocycles. The third-order valence-corrected chi connectivity index (χ3v) is 3.80. The van der Waals surface area contributed by atoms with Crippen LogP contribution in [-0.4, -0.2) is 9.97 Å². The van der Waals surface area contributed by atoms with Crippen molar-refractivity contribution in [1.29, 1.82) is 0 Å². The highest BCUT2D eigenvalue weighted by molar-refractivity contribution is 6.31. The highest BCUT2D eigenvalue weighted by Crippen LogP contribution is 2.32. The Bertz CT molecular complexity index is 865. The second-order valence-electron chi connectivity index (χ2n) is 5.21. The monoisotopic (exact) mass is 362 g/mol. The normalized spacial score (nSPS) is 10.6. The lowest BCUT2D eigenvalue weighted by Crippen LogP contribution is -2.03. The number of hydrogen-bond donors (Lipinski definition) is 2. The summed E-state index contributed by atoms with van der Waals surface area (Å²) in [6, 6.07) is 8.49. The molecule has 0 unspecified atom stereocenters.